The Morgan fingerprint density at radius 3 is 2.71 bits per heavy atom. The number of anilines is 3. The average molecular weight is 397 g/mol. The normalized spacial score (nSPS) is 13.1. The van der Waals surface area contributed by atoms with Gasteiger partial charge in [-0.1, -0.05) is 29.5 Å². The van der Waals surface area contributed by atoms with Crippen molar-refractivity contribution in [3.05, 3.63) is 63.9 Å². The molecule has 2 N–H and O–H groups in total. The van der Waals surface area contributed by atoms with Crippen LogP contribution in [0.25, 0.3) is 0 Å². The summed E-state index contributed by atoms with van der Waals surface area (Å²) in [4.78, 5) is 14.6. The fourth-order valence-corrected chi connectivity index (χ4v) is 4.11. The van der Waals surface area contributed by atoms with Crippen molar-refractivity contribution in [3.8, 4) is 0 Å². The van der Waals surface area contributed by atoms with E-state index in [2.05, 4.69) is 31.8 Å². The lowest BCUT2D eigenvalue weighted by Gasteiger charge is -2.31. The van der Waals surface area contributed by atoms with Crippen LogP contribution in [-0.4, -0.2) is 22.8 Å². The third-order valence-corrected chi connectivity index (χ3v) is 5.43. The van der Waals surface area contributed by atoms with Crippen LogP contribution in [0, 0.1) is 12.7 Å². The Bertz CT molecular complexity index is 1010. The molecular weight excluding hydrogens is 377 g/mol. The Hall–Kier alpha value is -3.00. The van der Waals surface area contributed by atoms with Crippen molar-refractivity contribution in [1.29, 1.82) is 0 Å². The Morgan fingerprint density at radius 1 is 1.14 bits per heavy atom. The molecule has 1 aromatic heterocycles. The van der Waals surface area contributed by atoms with Gasteiger partial charge in [0.15, 0.2) is 0 Å². The van der Waals surface area contributed by atoms with Crippen LogP contribution in [0.4, 0.5) is 26.2 Å². The van der Waals surface area contributed by atoms with Gasteiger partial charge in [0, 0.05) is 17.9 Å². The van der Waals surface area contributed by atoms with Gasteiger partial charge < -0.3 is 15.5 Å². The predicted octanol–water partition coefficient (Wildman–Crippen LogP) is 4.58. The number of carbonyl (C=O) groups excluding carboxylic acids is 1. The fourth-order valence-electron chi connectivity index (χ4n) is 3.39. The number of para-hydroxylation sites is 1. The third-order valence-electron chi connectivity index (χ3n) is 4.61. The minimum absolute atomic E-state index is 0.151. The lowest BCUT2D eigenvalue weighted by Crippen LogP contribution is -2.30. The number of amides is 2. The molecule has 144 valence electrons. The van der Waals surface area contributed by atoms with Gasteiger partial charge in [0.25, 0.3) is 0 Å². The Morgan fingerprint density at radius 2 is 1.93 bits per heavy atom. The molecule has 0 aliphatic carbocycles. The van der Waals surface area contributed by atoms with Crippen molar-refractivity contribution >= 4 is 34.4 Å². The smallest absolute Gasteiger partial charge is 0.323 e. The van der Waals surface area contributed by atoms with Crippen LogP contribution >= 0.6 is 11.3 Å². The van der Waals surface area contributed by atoms with Gasteiger partial charge in [-0.15, -0.1) is 10.2 Å². The SMILES string of the molecule is Cc1nnc(CN2CCCc3c(NC(=O)Nc4ccccc4F)cccc32)s1. The van der Waals surface area contributed by atoms with Gasteiger partial charge in [-0.25, -0.2) is 9.18 Å². The summed E-state index contributed by atoms with van der Waals surface area (Å²) in [6, 6.07) is 11.5. The van der Waals surface area contributed by atoms with Crippen LogP contribution in [0.3, 0.4) is 0 Å². The summed E-state index contributed by atoms with van der Waals surface area (Å²) in [5.41, 5.74) is 3.06. The van der Waals surface area contributed by atoms with E-state index in [4.69, 9.17) is 0 Å². The lowest BCUT2D eigenvalue weighted by atomic mass is 9.99. The van der Waals surface area contributed by atoms with E-state index in [1.165, 1.54) is 12.1 Å². The summed E-state index contributed by atoms with van der Waals surface area (Å²) in [6.45, 7) is 3.57. The molecule has 2 heterocycles. The van der Waals surface area contributed by atoms with E-state index in [1.54, 1.807) is 23.5 Å². The monoisotopic (exact) mass is 397 g/mol. The Labute approximate surface area is 166 Å². The number of aryl methyl sites for hydroxylation is 1. The highest BCUT2D eigenvalue weighted by Gasteiger charge is 2.21. The number of rotatable bonds is 4. The van der Waals surface area contributed by atoms with Crippen molar-refractivity contribution < 1.29 is 9.18 Å². The Balaban J connectivity index is 1.52. The highest BCUT2D eigenvalue weighted by atomic mass is 32.1. The zero-order valence-corrected chi connectivity index (χ0v) is 16.2. The number of benzene rings is 2. The Kier molecular flexibility index (Phi) is 5.21. The predicted molar refractivity (Wildman–Crippen MR) is 110 cm³/mol. The van der Waals surface area contributed by atoms with Crippen LogP contribution < -0.4 is 15.5 Å². The topological polar surface area (TPSA) is 70.2 Å². The number of nitrogens with zero attached hydrogens (tertiary/aromatic N) is 3. The molecule has 3 aromatic rings. The molecule has 0 spiro atoms. The molecule has 1 aliphatic rings. The maximum atomic E-state index is 13.8. The van der Waals surface area contributed by atoms with Crippen molar-refractivity contribution in [2.75, 3.05) is 22.1 Å². The molecule has 0 atom stereocenters. The summed E-state index contributed by atoms with van der Waals surface area (Å²) in [6.07, 6.45) is 1.86. The van der Waals surface area contributed by atoms with Crippen molar-refractivity contribution in [2.24, 2.45) is 0 Å². The van der Waals surface area contributed by atoms with E-state index >= 15 is 0 Å². The van der Waals surface area contributed by atoms with Gasteiger partial charge >= 0.3 is 6.03 Å². The van der Waals surface area contributed by atoms with E-state index in [9.17, 15) is 9.18 Å². The van der Waals surface area contributed by atoms with E-state index in [1.807, 2.05) is 19.1 Å². The second-order valence-electron chi connectivity index (χ2n) is 6.60. The zero-order valence-electron chi connectivity index (χ0n) is 15.4. The molecule has 28 heavy (non-hydrogen) atoms. The molecule has 4 rings (SSSR count). The van der Waals surface area contributed by atoms with Crippen LogP contribution in [0.15, 0.2) is 42.5 Å². The molecular formula is C20H20FN5OS. The molecule has 2 aromatic carbocycles. The zero-order chi connectivity index (χ0) is 19.5. The number of hydrogen-bond donors (Lipinski definition) is 2. The molecule has 0 saturated carbocycles. The summed E-state index contributed by atoms with van der Waals surface area (Å²) < 4.78 is 13.8. The standard InChI is InChI=1S/C20H20FN5OS/c1-13-24-25-19(28-13)12-26-11-5-6-14-16(9-4-10-18(14)26)22-20(27)23-17-8-3-2-7-15(17)21/h2-4,7-10H,5-6,11-12H2,1H3,(H2,22,23,27). The molecule has 0 unspecified atom stereocenters. The van der Waals surface area contributed by atoms with Gasteiger partial charge in [0.05, 0.1) is 12.2 Å². The third kappa shape index (κ3) is 3.96. The highest BCUT2D eigenvalue weighted by molar-refractivity contribution is 7.11. The summed E-state index contributed by atoms with van der Waals surface area (Å²) in [7, 11) is 0. The fraction of sp³-hybridized carbons (Fsp3) is 0.250. The first kappa shape index (κ1) is 18.4. The van der Waals surface area contributed by atoms with E-state index in [-0.39, 0.29) is 5.69 Å². The minimum atomic E-state index is -0.466. The van der Waals surface area contributed by atoms with E-state index < -0.39 is 11.8 Å². The second kappa shape index (κ2) is 7.93. The summed E-state index contributed by atoms with van der Waals surface area (Å²) in [5, 5.41) is 15.7. The molecule has 8 heteroatoms. The van der Waals surface area contributed by atoms with Gasteiger partial charge in [0.1, 0.15) is 15.8 Å². The number of nitrogens with one attached hydrogen (secondary N) is 2. The van der Waals surface area contributed by atoms with Crippen molar-refractivity contribution in [2.45, 2.75) is 26.3 Å². The van der Waals surface area contributed by atoms with Crippen LogP contribution in [0.5, 0.6) is 0 Å². The van der Waals surface area contributed by atoms with Crippen molar-refractivity contribution in [1.82, 2.24) is 10.2 Å². The number of halogens is 1. The molecule has 0 radical (unpaired) electrons. The van der Waals surface area contributed by atoms with Crippen molar-refractivity contribution in [3.63, 3.8) is 0 Å². The molecule has 0 bridgehead atoms. The molecule has 0 fully saturated rings. The first-order chi connectivity index (χ1) is 13.6. The summed E-state index contributed by atoms with van der Waals surface area (Å²) >= 11 is 1.59. The molecule has 0 saturated heterocycles. The minimum Gasteiger partial charge on any atom is -0.364 e. The maximum Gasteiger partial charge on any atom is 0.323 e. The number of urea groups is 1. The maximum absolute atomic E-state index is 13.8. The van der Waals surface area contributed by atoms with Crippen LogP contribution in [0.2, 0.25) is 0 Å². The summed E-state index contributed by atoms with van der Waals surface area (Å²) in [5.74, 6) is -0.466. The average Bonchev–Trinajstić information content (AvgIpc) is 3.09. The van der Waals surface area contributed by atoms with Crippen LogP contribution in [-0.2, 0) is 13.0 Å². The van der Waals surface area contributed by atoms with Crippen LogP contribution in [0.1, 0.15) is 22.0 Å². The van der Waals surface area contributed by atoms with E-state index in [0.29, 0.717) is 6.54 Å². The molecule has 2 amide bonds. The largest absolute Gasteiger partial charge is 0.364 e. The molecule has 6 nitrogen and oxygen atoms in total. The van der Waals surface area contributed by atoms with Gasteiger partial charge in [-0.05, 0) is 49.6 Å². The highest BCUT2D eigenvalue weighted by Crippen LogP contribution is 2.34. The van der Waals surface area contributed by atoms with E-state index in [0.717, 1.165) is 46.3 Å². The van der Waals surface area contributed by atoms with Gasteiger partial charge in [0.2, 0.25) is 0 Å². The second-order valence-corrected chi connectivity index (χ2v) is 7.87. The number of carbonyl (C=O) groups is 1. The quantitative estimate of drug-likeness (QED) is 0.676. The first-order valence-corrected chi connectivity index (χ1v) is 9.90. The number of fused-ring (bicyclic) bond motifs is 1. The molecule has 1 aliphatic heterocycles. The van der Waals surface area contributed by atoms with Gasteiger partial charge in [-0.3, -0.25) is 0 Å². The lowest BCUT2D eigenvalue weighted by molar-refractivity contribution is 0.262. The number of aromatic nitrogens is 2. The van der Waals surface area contributed by atoms with Gasteiger partial charge in [-0.2, -0.15) is 0 Å². The first-order valence-electron chi connectivity index (χ1n) is 9.08. The number of hydrogen-bond acceptors (Lipinski definition) is 5.